The van der Waals surface area contributed by atoms with Crippen molar-refractivity contribution in [3.63, 3.8) is 0 Å². The summed E-state index contributed by atoms with van der Waals surface area (Å²) in [6.07, 6.45) is 5.37. The molecule has 3 aromatic rings. The van der Waals surface area contributed by atoms with Crippen LogP contribution < -0.4 is 4.18 Å². The molecular weight excluding hydrogens is 466 g/mol. The molecule has 0 spiro atoms. The lowest BCUT2D eigenvalue weighted by atomic mass is 10.1. The van der Waals surface area contributed by atoms with Gasteiger partial charge in [0.05, 0.1) is 10.5 Å². The number of rotatable bonds is 8. The van der Waals surface area contributed by atoms with Gasteiger partial charge in [-0.1, -0.05) is 47.5 Å². The van der Waals surface area contributed by atoms with Crippen molar-refractivity contribution in [3.05, 3.63) is 111 Å². The molecule has 3 aromatic carbocycles. The third-order valence-corrected chi connectivity index (χ3v) is 5.95. The van der Waals surface area contributed by atoms with Gasteiger partial charge in [-0.3, -0.25) is 14.9 Å². The first-order chi connectivity index (χ1) is 15.6. The van der Waals surface area contributed by atoms with Gasteiger partial charge >= 0.3 is 10.1 Å². The number of carbonyl (C=O) groups is 1. The van der Waals surface area contributed by atoms with Gasteiger partial charge in [0.1, 0.15) is 10.6 Å². The Morgan fingerprint density at radius 1 is 0.970 bits per heavy atom. The van der Waals surface area contributed by atoms with E-state index in [-0.39, 0.29) is 32.7 Å². The number of ketones is 1. The molecular formula is C24H18ClNO6S. The summed E-state index contributed by atoms with van der Waals surface area (Å²) < 4.78 is 29.8. The van der Waals surface area contributed by atoms with Crippen LogP contribution in [0.3, 0.4) is 0 Å². The highest BCUT2D eigenvalue weighted by molar-refractivity contribution is 7.87. The van der Waals surface area contributed by atoms with Crippen LogP contribution in [0.25, 0.3) is 12.2 Å². The Kier molecular flexibility index (Phi) is 7.42. The van der Waals surface area contributed by atoms with Crippen LogP contribution in [0.5, 0.6) is 5.75 Å². The summed E-state index contributed by atoms with van der Waals surface area (Å²) in [6.45, 7) is 1.85. The van der Waals surface area contributed by atoms with E-state index in [2.05, 4.69) is 0 Å². The first-order valence-corrected chi connectivity index (χ1v) is 11.4. The SMILES string of the molecule is Cc1ccc(S(=O)(=O)Oc2ccc(/C=C/C(=O)/C=C/c3ccc(Cl)cc3[N+](=O)[O-])cc2)cc1. The Hall–Kier alpha value is -3.75. The average Bonchev–Trinajstić information content (AvgIpc) is 2.77. The van der Waals surface area contributed by atoms with Crippen LogP contribution in [0.2, 0.25) is 5.02 Å². The zero-order valence-corrected chi connectivity index (χ0v) is 18.9. The molecule has 0 aromatic heterocycles. The van der Waals surface area contributed by atoms with Crippen molar-refractivity contribution in [2.45, 2.75) is 11.8 Å². The third-order valence-electron chi connectivity index (χ3n) is 4.45. The minimum atomic E-state index is -3.95. The van der Waals surface area contributed by atoms with Gasteiger partial charge in [0, 0.05) is 11.1 Å². The number of nitrogens with zero attached hydrogens (tertiary/aromatic N) is 1. The summed E-state index contributed by atoms with van der Waals surface area (Å²) in [4.78, 5) is 22.7. The molecule has 0 amide bonds. The number of nitro groups is 1. The molecule has 7 nitrogen and oxygen atoms in total. The monoisotopic (exact) mass is 483 g/mol. The Labute approximate surface area is 195 Å². The van der Waals surface area contributed by atoms with Crippen LogP contribution in [0.15, 0.2) is 83.8 Å². The number of allylic oxidation sites excluding steroid dienone is 2. The molecule has 0 unspecified atom stereocenters. The lowest BCUT2D eigenvalue weighted by molar-refractivity contribution is -0.385. The van der Waals surface area contributed by atoms with E-state index >= 15 is 0 Å². The van der Waals surface area contributed by atoms with E-state index in [9.17, 15) is 23.3 Å². The van der Waals surface area contributed by atoms with E-state index in [0.29, 0.717) is 5.56 Å². The van der Waals surface area contributed by atoms with Gasteiger partial charge in [0.2, 0.25) is 0 Å². The molecule has 0 aliphatic heterocycles. The molecule has 0 N–H and O–H groups in total. The van der Waals surface area contributed by atoms with Crippen LogP contribution in [0.1, 0.15) is 16.7 Å². The Balaban J connectivity index is 1.65. The normalized spacial score (nSPS) is 11.7. The van der Waals surface area contributed by atoms with Gasteiger partial charge in [-0.2, -0.15) is 8.42 Å². The summed E-state index contributed by atoms with van der Waals surface area (Å²) in [6, 6.07) is 16.6. The van der Waals surface area contributed by atoms with Crippen LogP contribution in [0, 0.1) is 17.0 Å². The summed E-state index contributed by atoms with van der Waals surface area (Å²) in [5.74, 6) is -0.254. The maximum atomic E-state index is 12.3. The molecule has 0 atom stereocenters. The van der Waals surface area contributed by atoms with E-state index in [0.717, 1.165) is 5.56 Å². The van der Waals surface area contributed by atoms with Crippen molar-refractivity contribution in [3.8, 4) is 5.75 Å². The van der Waals surface area contributed by atoms with Gasteiger partial charge in [-0.15, -0.1) is 0 Å². The predicted octanol–water partition coefficient (Wildman–Crippen LogP) is 5.62. The highest BCUT2D eigenvalue weighted by Crippen LogP contribution is 2.24. The van der Waals surface area contributed by atoms with Crippen LogP contribution in [-0.2, 0) is 14.9 Å². The van der Waals surface area contributed by atoms with Crippen molar-refractivity contribution < 1.29 is 22.3 Å². The van der Waals surface area contributed by atoms with Gasteiger partial charge in [-0.05, 0) is 67.1 Å². The summed E-state index contributed by atoms with van der Waals surface area (Å²) >= 11 is 5.78. The Bertz CT molecular complexity index is 1340. The molecule has 0 bridgehead atoms. The van der Waals surface area contributed by atoms with E-state index < -0.39 is 15.0 Å². The second-order valence-electron chi connectivity index (χ2n) is 6.95. The van der Waals surface area contributed by atoms with Gasteiger partial charge < -0.3 is 4.18 Å². The standard InChI is InChI=1S/C24H18ClNO6S/c1-17-2-14-23(15-3-17)33(30,31)32-22-12-5-18(6-13-22)4-10-21(27)11-8-19-7-9-20(25)16-24(19)26(28)29/h2-16H,1H3/b10-4+,11-8+. The second-order valence-corrected chi connectivity index (χ2v) is 8.93. The fraction of sp³-hybridized carbons (Fsp3) is 0.0417. The zero-order chi connectivity index (χ0) is 24.0. The molecule has 0 aliphatic carbocycles. The van der Waals surface area contributed by atoms with Gasteiger partial charge in [0.25, 0.3) is 5.69 Å². The van der Waals surface area contributed by atoms with E-state index in [1.54, 1.807) is 24.3 Å². The zero-order valence-electron chi connectivity index (χ0n) is 17.3. The average molecular weight is 484 g/mol. The van der Waals surface area contributed by atoms with E-state index in [4.69, 9.17) is 15.8 Å². The minimum Gasteiger partial charge on any atom is -0.379 e. The molecule has 3 rings (SSSR count). The Morgan fingerprint density at radius 2 is 1.61 bits per heavy atom. The van der Waals surface area contributed by atoms with Crippen molar-refractivity contribution >= 4 is 45.3 Å². The maximum absolute atomic E-state index is 12.3. The maximum Gasteiger partial charge on any atom is 0.339 e. The van der Waals surface area contributed by atoms with Crippen molar-refractivity contribution in [1.29, 1.82) is 0 Å². The fourth-order valence-corrected chi connectivity index (χ4v) is 3.83. The number of hydrogen-bond donors (Lipinski definition) is 0. The smallest absolute Gasteiger partial charge is 0.339 e. The van der Waals surface area contributed by atoms with Crippen molar-refractivity contribution in [2.75, 3.05) is 0 Å². The first-order valence-electron chi connectivity index (χ1n) is 9.59. The number of benzene rings is 3. The van der Waals surface area contributed by atoms with Crippen molar-refractivity contribution in [2.24, 2.45) is 0 Å². The highest BCUT2D eigenvalue weighted by Gasteiger charge is 2.16. The molecule has 0 fully saturated rings. The molecule has 33 heavy (non-hydrogen) atoms. The largest absolute Gasteiger partial charge is 0.379 e. The second kappa shape index (κ2) is 10.2. The molecule has 168 valence electrons. The van der Waals surface area contributed by atoms with Gasteiger partial charge in [-0.25, -0.2) is 0 Å². The molecule has 0 saturated carbocycles. The number of halogens is 1. The lowest BCUT2D eigenvalue weighted by Crippen LogP contribution is -2.09. The number of hydrogen-bond acceptors (Lipinski definition) is 6. The lowest BCUT2D eigenvalue weighted by Gasteiger charge is -2.07. The Morgan fingerprint density at radius 3 is 2.24 bits per heavy atom. The summed E-state index contributed by atoms with van der Waals surface area (Å²) in [5.41, 5.74) is 1.62. The summed E-state index contributed by atoms with van der Waals surface area (Å²) in [5, 5.41) is 11.3. The van der Waals surface area contributed by atoms with E-state index in [1.807, 2.05) is 6.92 Å². The number of aryl methyl sites for hydroxylation is 1. The van der Waals surface area contributed by atoms with Gasteiger partial charge in [0.15, 0.2) is 5.78 Å². The van der Waals surface area contributed by atoms with Crippen molar-refractivity contribution in [1.82, 2.24) is 0 Å². The quantitative estimate of drug-likeness (QED) is 0.178. The topological polar surface area (TPSA) is 104 Å². The molecule has 0 saturated heterocycles. The first kappa shape index (κ1) is 23.9. The summed E-state index contributed by atoms with van der Waals surface area (Å²) in [7, 11) is -3.95. The fourth-order valence-electron chi connectivity index (χ4n) is 2.74. The molecule has 0 aliphatic rings. The number of carbonyl (C=O) groups excluding carboxylic acids is 1. The van der Waals surface area contributed by atoms with Crippen LogP contribution in [-0.4, -0.2) is 19.1 Å². The number of nitro benzene ring substituents is 1. The minimum absolute atomic E-state index is 0.0513. The van der Waals surface area contributed by atoms with Crippen LogP contribution >= 0.6 is 11.6 Å². The third kappa shape index (κ3) is 6.61. The van der Waals surface area contributed by atoms with E-state index in [1.165, 1.54) is 66.8 Å². The molecule has 9 heteroatoms. The van der Waals surface area contributed by atoms with Crippen LogP contribution in [0.4, 0.5) is 5.69 Å². The highest BCUT2D eigenvalue weighted by atomic mass is 35.5. The predicted molar refractivity (Wildman–Crippen MR) is 127 cm³/mol. The molecule has 0 radical (unpaired) electrons. The molecule has 0 heterocycles.